The zero-order valence-corrected chi connectivity index (χ0v) is 9.45. The first-order valence-corrected chi connectivity index (χ1v) is 5.43. The molecule has 0 aromatic heterocycles. The Kier molecular flexibility index (Phi) is 2.61. The van der Waals surface area contributed by atoms with Gasteiger partial charge in [-0.15, -0.1) is 0 Å². The van der Waals surface area contributed by atoms with Gasteiger partial charge in [-0.1, -0.05) is 28.1 Å². The van der Waals surface area contributed by atoms with Gasteiger partial charge in [-0.25, -0.2) is 0 Å². The van der Waals surface area contributed by atoms with Crippen LogP contribution in [0.15, 0.2) is 22.7 Å². The Morgan fingerprint density at radius 2 is 2.13 bits per heavy atom. The van der Waals surface area contributed by atoms with Gasteiger partial charge in [-0.3, -0.25) is 9.59 Å². The molecule has 0 radical (unpaired) electrons. The zero-order valence-electron chi connectivity index (χ0n) is 7.87. The summed E-state index contributed by atoms with van der Waals surface area (Å²) in [5.74, 6) is -2.24. The minimum absolute atomic E-state index is 0.201. The smallest absolute Gasteiger partial charge is 0.318 e. The third kappa shape index (κ3) is 1.69. The first-order valence-electron chi connectivity index (χ1n) is 4.64. The molecule has 1 unspecified atom stereocenters. The summed E-state index contributed by atoms with van der Waals surface area (Å²) in [7, 11) is 0. The molecule has 1 aliphatic rings. The summed E-state index contributed by atoms with van der Waals surface area (Å²) >= 11 is 3.37. The highest BCUT2D eigenvalue weighted by molar-refractivity contribution is 9.10. The number of carbonyl (C=O) groups is 2. The number of carboxylic acid groups (broad SMARTS) is 1. The molecule has 0 saturated heterocycles. The molecule has 0 heterocycles. The van der Waals surface area contributed by atoms with E-state index in [1.54, 1.807) is 12.1 Å². The van der Waals surface area contributed by atoms with Gasteiger partial charge in [0.05, 0.1) is 0 Å². The topological polar surface area (TPSA) is 54.4 Å². The average Bonchev–Trinajstić information content (AvgIpc) is 2.17. The highest BCUT2D eigenvalue weighted by Crippen LogP contribution is 2.33. The summed E-state index contributed by atoms with van der Waals surface area (Å²) in [6.45, 7) is 0. The maximum Gasteiger partial charge on any atom is 0.318 e. The van der Waals surface area contributed by atoms with Crippen molar-refractivity contribution in [2.45, 2.75) is 18.8 Å². The predicted molar refractivity (Wildman–Crippen MR) is 57.8 cm³/mol. The van der Waals surface area contributed by atoms with Crippen LogP contribution in [0.4, 0.5) is 0 Å². The molecule has 0 fully saturated rings. The lowest BCUT2D eigenvalue weighted by atomic mass is 9.82. The van der Waals surface area contributed by atoms with Gasteiger partial charge in [0.15, 0.2) is 5.78 Å². The molecule has 1 aromatic rings. The number of rotatable bonds is 1. The van der Waals surface area contributed by atoms with Gasteiger partial charge in [0.1, 0.15) is 5.92 Å². The van der Waals surface area contributed by atoms with Crippen molar-refractivity contribution in [1.82, 2.24) is 0 Å². The van der Waals surface area contributed by atoms with E-state index < -0.39 is 11.9 Å². The minimum Gasteiger partial charge on any atom is -0.480 e. The molecule has 1 N–H and O–H groups in total. The second kappa shape index (κ2) is 3.77. The van der Waals surface area contributed by atoms with E-state index >= 15 is 0 Å². The van der Waals surface area contributed by atoms with E-state index in [0.717, 1.165) is 10.0 Å². The Labute approximate surface area is 95.2 Å². The molecular weight excluding hydrogens is 260 g/mol. The van der Waals surface area contributed by atoms with Gasteiger partial charge in [0.2, 0.25) is 0 Å². The van der Waals surface area contributed by atoms with Crippen LogP contribution in [0.5, 0.6) is 0 Å². The lowest BCUT2D eigenvalue weighted by Gasteiger charge is -2.22. The second-order valence-electron chi connectivity index (χ2n) is 3.55. The molecule has 3 nitrogen and oxygen atoms in total. The summed E-state index contributed by atoms with van der Waals surface area (Å²) in [6.07, 6.45) is 0.936. The first kappa shape index (κ1) is 10.4. The van der Waals surface area contributed by atoms with E-state index in [-0.39, 0.29) is 5.78 Å². The molecular formula is C11H9BrO3. The minimum atomic E-state index is -1.06. The number of carbonyl (C=O) groups excluding carboxylic acids is 1. The van der Waals surface area contributed by atoms with Gasteiger partial charge in [0, 0.05) is 10.9 Å². The fourth-order valence-corrected chi connectivity index (χ4v) is 2.53. The summed E-state index contributed by atoms with van der Waals surface area (Å²) in [6, 6.07) is 5.35. The lowest BCUT2D eigenvalue weighted by Crippen LogP contribution is -2.27. The van der Waals surface area contributed by atoms with Crippen LogP contribution in [0.25, 0.3) is 0 Å². The van der Waals surface area contributed by atoms with Crippen molar-refractivity contribution in [1.29, 1.82) is 0 Å². The van der Waals surface area contributed by atoms with Crippen LogP contribution in [-0.2, 0) is 16.0 Å². The van der Waals surface area contributed by atoms with Crippen LogP contribution >= 0.6 is 15.9 Å². The van der Waals surface area contributed by atoms with Gasteiger partial charge >= 0.3 is 5.97 Å². The van der Waals surface area contributed by atoms with E-state index in [1.165, 1.54) is 0 Å². The number of benzene rings is 1. The monoisotopic (exact) mass is 268 g/mol. The Hall–Kier alpha value is -1.16. The molecule has 0 bridgehead atoms. The molecule has 1 aliphatic carbocycles. The third-order valence-corrected chi connectivity index (χ3v) is 3.40. The molecule has 0 saturated carbocycles. The van der Waals surface area contributed by atoms with E-state index in [1.807, 2.05) is 6.07 Å². The fourth-order valence-electron chi connectivity index (χ4n) is 1.95. The standard InChI is InChI=1S/C11H9BrO3/c12-8-3-1-2-7-6(8)4-5-9(13)10(7)11(14)15/h1-3,10H,4-5H2,(H,14,15). The van der Waals surface area contributed by atoms with Crippen molar-refractivity contribution in [3.63, 3.8) is 0 Å². The molecule has 0 aliphatic heterocycles. The lowest BCUT2D eigenvalue weighted by molar-refractivity contribution is -0.142. The average molecular weight is 269 g/mol. The number of ketones is 1. The number of aliphatic carboxylic acids is 1. The van der Waals surface area contributed by atoms with Crippen molar-refractivity contribution >= 4 is 27.7 Å². The van der Waals surface area contributed by atoms with Gasteiger partial charge in [-0.05, 0) is 23.6 Å². The molecule has 2 rings (SSSR count). The van der Waals surface area contributed by atoms with Crippen molar-refractivity contribution in [3.05, 3.63) is 33.8 Å². The van der Waals surface area contributed by atoms with Gasteiger partial charge in [-0.2, -0.15) is 0 Å². The number of halogens is 1. The molecule has 1 aromatic carbocycles. The van der Waals surface area contributed by atoms with Crippen LogP contribution in [0.3, 0.4) is 0 Å². The van der Waals surface area contributed by atoms with Crippen LogP contribution in [-0.4, -0.2) is 16.9 Å². The molecule has 0 amide bonds. The Morgan fingerprint density at radius 1 is 1.40 bits per heavy atom. The number of carboxylic acids is 1. The molecule has 0 spiro atoms. The van der Waals surface area contributed by atoms with Crippen LogP contribution in [0, 0.1) is 0 Å². The van der Waals surface area contributed by atoms with Crippen molar-refractivity contribution in [2.24, 2.45) is 0 Å². The quantitative estimate of drug-likeness (QED) is 0.794. The van der Waals surface area contributed by atoms with E-state index in [0.29, 0.717) is 18.4 Å². The third-order valence-electron chi connectivity index (χ3n) is 2.66. The Balaban J connectivity index is 2.58. The summed E-state index contributed by atoms with van der Waals surface area (Å²) in [4.78, 5) is 22.5. The maximum absolute atomic E-state index is 11.5. The largest absolute Gasteiger partial charge is 0.480 e. The number of hydrogen-bond acceptors (Lipinski definition) is 2. The van der Waals surface area contributed by atoms with Crippen LogP contribution in [0.2, 0.25) is 0 Å². The molecule has 1 atom stereocenters. The number of hydrogen-bond donors (Lipinski definition) is 1. The molecule has 78 valence electrons. The SMILES string of the molecule is O=C(O)C1C(=O)CCc2c(Br)cccc21. The summed E-state index contributed by atoms with van der Waals surface area (Å²) in [5.41, 5.74) is 1.58. The van der Waals surface area contributed by atoms with Gasteiger partial charge in [0.25, 0.3) is 0 Å². The predicted octanol–water partition coefficient (Wildman–Crippen LogP) is 2.13. The van der Waals surface area contributed by atoms with Crippen LogP contribution in [0.1, 0.15) is 23.5 Å². The zero-order chi connectivity index (χ0) is 11.0. The molecule has 15 heavy (non-hydrogen) atoms. The van der Waals surface area contributed by atoms with Crippen molar-refractivity contribution in [2.75, 3.05) is 0 Å². The normalized spacial score (nSPS) is 19.8. The fraction of sp³-hybridized carbons (Fsp3) is 0.273. The molecule has 4 heteroatoms. The van der Waals surface area contributed by atoms with E-state index in [9.17, 15) is 9.59 Å². The van der Waals surface area contributed by atoms with Crippen LogP contribution < -0.4 is 0 Å². The van der Waals surface area contributed by atoms with Crippen molar-refractivity contribution in [3.8, 4) is 0 Å². The summed E-state index contributed by atoms with van der Waals surface area (Å²) in [5, 5.41) is 9.01. The Morgan fingerprint density at radius 3 is 2.80 bits per heavy atom. The van der Waals surface area contributed by atoms with Crippen molar-refractivity contribution < 1.29 is 14.7 Å². The highest BCUT2D eigenvalue weighted by atomic mass is 79.9. The van der Waals surface area contributed by atoms with E-state index in [2.05, 4.69) is 15.9 Å². The second-order valence-corrected chi connectivity index (χ2v) is 4.40. The van der Waals surface area contributed by atoms with E-state index in [4.69, 9.17) is 5.11 Å². The summed E-state index contributed by atoms with van der Waals surface area (Å²) < 4.78 is 0.888. The number of Topliss-reactive ketones (excluding diaryl/α,β-unsaturated/α-hetero) is 1. The number of fused-ring (bicyclic) bond motifs is 1. The highest BCUT2D eigenvalue weighted by Gasteiger charge is 2.33. The first-order chi connectivity index (χ1) is 7.11. The Bertz CT molecular complexity index is 439. The maximum atomic E-state index is 11.5. The van der Waals surface area contributed by atoms with Gasteiger partial charge < -0.3 is 5.11 Å².